The molecule has 1 N–H and O–H groups in total. The van der Waals surface area contributed by atoms with Crippen LogP contribution in [0.25, 0.3) is 6.08 Å². The molecule has 0 saturated heterocycles. The molecule has 1 amide bonds. The molecular weight excluding hydrogens is 294 g/mol. The first kappa shape index (κ1) is 14.8. The molecule has 3 rings (SSSR count). The van der Waals surface area contributed by atoms with Crippen molar-refractivity contribution < 1.29 is 19.1 Å². The van der Waals surface area contributed by atoms with Crippen molar-refractivity contribution in [1.29, 1.82) is 0 Å². The Bertz CT molecular complexity index is 778. The molecule has 23 heavy (non-hydrogen) atoms. The zero-order valence-corrected chi connectivity index (χ0v) is 12.5. The minimum atomic E-state index is -0.119. The van der Waals surface area contributed by atoms with E-state index in [9.17, 15) is 9.59 Å². The first-order valence-electron chi connectivity index (χ1n) is 7.11. The van der Waals surface area contributed by atoms with Crippen molar-refractivity contribution in [1.82, 2.24) is 0 Å². The van der Waals surface area contributed by atoms with Gasteiger partial charge in [-0.15, -0.1) is 0 Å². The molecule has 5 heteroatoms. The molecule has 116 valence electrons. The number of rotatable bonds is 4. The second-order valence-electron chi connectivity index (χ2n) is 5.07. The van der Waals surface area contributed by atoms with Crippen LogP contribution in [0, 0.1) is 0 Å². The summed E-state index contributed by atoms with van der Waals surface area (Å²) in [5, 5.41) is 2.69. The lowest BCUT2D eigenvalue weighted by Crippen LogP contribution is -2.05. The number of carbonyl (C=O) groups excluding carboxylic acids is 2. The van der Waals surface area contributed by atoms with E-state index in [4.69, 9.17) is 9.47 Å². The quantitative estimate of drug-likeness (QED) is 0.695. The normalized spacial score (nSPS) is 12.4. The molecule has 0 spiro atoms. The summed E-state index contributed by atoms with van der Waals surface area (Å²) in [6, 6.07) is 12.3. The fraction of sp³-hybridized carbons (Fsp3) is 0.111. The second kappa shape index (κ2) is 6.36. The summed E-state index contributed by atoms with van der Waals surface area (Å²) in [6.07, 6.45) is 3.23. The first-order valence-corrected chi connectivity index (χ1v) is 7.11. The highest BCUT2D eigenvalue weighted by Gasteiger charge is 2.14. The van der Waals surface area contributed by atoms with Gasteiger partial charge in [-0.2, -0.15) is 0 Å². The van der Waals surface area contributed by atoms with Crippen LogP contribution >= 0.6 is 0 Å². The zero-order chi connectivity index (χ0) is 16.2. The number of nitrogens with one attached hydrogen (secondary N) is 1. The number of ether oxygens (including phenoxy) is 2. The van der Waals surface area contributed by atoms with Crippen molar-refractivity contribution >= 4 is 23.5 Å². The number of carbonyl (C=O) groups is 2. The van der Waals surface area contributed by atoms with Gasteiger partial charge in [0.2, 0.25) is 12.7 Å². The molecular formula is C18H15NO4. The summed E-state index contributed by atoms with van der Waals surface area (Å²) in [5.74, 6) is 1.00. The van der Waals surface area contributed by atoms with Gasteiger partial charge in [-0.25, -0.2) is 0 Å². The van der Waals surface area contributed by atoms with Crippen LogP contribution in [-0.2, 0) is 4.79 Å². The summed E-state index contributed by atoms with van der Waals surface area (Å²) in [4.78, 5) is 23.2. The maximum Gasteiger partial charge on any atom is 0.231 e. The van der Waals surface area contributed by atoms with Gasteiger partial charge in [-0.05, 0) is 42.0 Å². The highest BCUT2D eigenvalue weighted by Crippen LogP contribution is 2.32. The predicted molar refractivity (Wildman–Crippen MR) is 86.7 cm³/mol. The van der Waals surface area contributed by atoms with Gasteiger partial charge < -0.3 is 14.8 Å². The van der Waals surface area contributed by atoms with Crippen LogP contribution in [0.3, 0.4) is 0 Å². The first-order chi connectivity index (χ1) is 11.1. The standard InChI is InChI=1S/C18H15NO4/c1-12(20)19-15-6-2-13(3-7-15)4-8-16(21)14-5-9-17-18(10-14)23-11-22-17/h2-10H,11H2,1H3,(H,19,20). The molecule has 0 radical (unpaired) electrons. The largest absolute Gasteiger partial charge is 0.454 e. The van der Waals surface area contributed by atoms with Gasteiger partial charge in [0.05, 0.1) is 0 Å². The third kappa shape index (κ3) is 3.58. The number of allylic oxidation sites excluding steroid dienone is 1. The van der Waals surface area contributed by atoms with E-state index in [1.54, 1.807) is 36.4 Å². The molecule has 0 atom stereocenters. The van der Waals surface area contributed by atoms with E-state index in [-0.39, 0.29) is 18.5 Å². The van der Waals surface area contributed by atoms with Crippen molar-refractivity contribution in [3.8, 4) is 11.5 Å². The molecule has 1 heterocycles. The minimum absolute atomic E-state index is 0.116. The SMILES string of the molecule is CC(=O)Nc1ccc(C=CC(=O)c2ccc3c(c2)OCO3)cc1. The van der Waals surface area contributed by atoms with E-state index in [2.05, 4.69) is 5.32 Å². The van der Waals surface area contributed by atoms with Crippen molar-refractivity contribution in [2.24, 2.45) is 0 Å². The number of fused-ring (bicyclic) bond motifs is 1. The van der Waals surface area contributed by atoms with Gasteiger partial charge in [-0.1, -0.05) is 18.2 Å². The highest BCUT2D eigenvalue weighted by atomic mass is 16.7. The average Bonchev–Trinajstić information content (AvgIpc) is 3.01. The Morgan fingerprint density at radius 2 is 1.78 bits per heavy atom. The summed E-state index contributed by atoms with van der Waals surface area (Å²) in [5.41, 5.74) is 2.13. The Labute approximate surface area is 133 Å². The molecule has 5 nitrogen and oxygen atoms in total. The number of hydrogen-bond donors (Lipinski definition) is 1. The fourth-order valence-corrected chi connectivity index (χ4v) is 2.20. The molecule has 0 unspecified atom stereocenters. The molecule has 1 aliphatic rings. The number of ketones is 1. The van der Waals surface area contributed by atoms with Crippen molar-refractivity contribution in [3.63, 3.8) is 0 Å². The Balaban J connectivity index is 1.69. The number of hydrogen-bond acceptors (Lipinski definition) is 4. The van der Waals surface area contributed by atoms with Crippen LogP contribution in [0.2, 0.25) is 0 Å². The predicted octanol–water partition coefficient (Wildman–Crippen LogP) is 3.27. The number of anilines is 1. The van der Waals surface area contributed by atoms with Crippen LogP contribution in [-0.4, -0.2) is 18.5 Å². The lowest BCUT2D eigenvalue weighted by molar-refractivity contribution is -0.114. The fourth-order valence-electron chi connectivity index (χ4n) is 2.20. The maximum atomic E-state index is 12.2. The van der Waals surface area contributed by atoms with Crippen LogP contribution in [0.5, 0.6) is 11.5 Å². The van der Waals surface area contributed by atoms with Crippen molar-refractivity contribution in [2.75, 3.05) is 12.1 Å². The summed E-state index contributed by atoms with van der Waals surface area (Å²) in [7, 11) is 0. The van der Waals surface area contributed by atoms with Crippen molar-refractivity contribution in [3.05, 3.63) is 59.7 Å². The van der Waals surface area contributed by atoms with E-state index in [0.29, 0.717) is 17.1 Å². The Morgan fingerprint density at radius 1 is 1.04 bits per heavy atom. The third-order valence-corrected chi connectivity index (χ3v) is 3.32. The highest BCUT2D eigenvalue weighted by molar-refractivity contribution is 6.07. The summed E-state index contributed by atoms with van der Waals surface area (Å²) in [6.45, 7) is 1.64. The monoisotopic (exact) mass is 309 g/mol. The van der Waals surface area contributed by atoms with E-state index < -0.39 is 0 Å². The van der Waals surface area contributed by atoms with Gasteiger partial charge in [0.25, 0.3) is 0 Å². The lowest BCUT2D eigenvalue weighted by Gasteiger charge is -2.02. The molecule has 0 aliphatic carbocycles. The third-order valence-electron chi connectivity index (χ3n) is 3.32. The van der Waals surface area contributed by atoms with Gasteiger partial charge in [0, 0.05) is 18.2 Å². The van der Waals surface area contributed by atoms with Crippen LogP contribution in [0.4, 0.5) is 5.69 Å². The topological polar surface area (TPSA) is 64.6 Å². The Morgan fingerprint density at radius 3 is 2.52 bits per heavy atom. The number of amides is 1. The molecule has 2 aromatic carbocycles. The van der Waals surface area contributed by atoms with Gasteiger partial charge >= 0.3 is 0 Å². The van der Waals surface area contributed by atoms with E-state index in [0.717, 1.165) is 11.3 Å². The van der Waals surface area contributed by atoms with E-state index in [1.165, 1.54) is 13.0 Å². The number of benzene rings is 2. The van der Waals surface area contributed by atoms with Crippen LogP contribution in [0.15, 0.2) is 48.5 Å². The molecule has 0 saturated carbocycles. The van der Waals surface area contributed by atoms with Gasteiger partial charge in [0.15, 0.2) is 17.3 Å². The summed E-state index contributed by atoms with van der Waals surface area (Å²) < 4.78 is 10.5. The van der Waals surface area contributed by atoms with Crippen molar-refractivity contribution in [2.45, 2.75) is 6.92 Å². The minimum Gasteiger partial charge on any atom is -0.454 e. The van der Waals surface area contributed by atoms with E-state index in [1.807, 2.05) is 12.1 Å². The second-order valence-corrected chi connectivity index (χ2v) is 5.07. The molecule has 0 aromatic heterocycles. The van der Waals surface area contributed by atoms with Crippen LogP contribution < -0.4 is 14.8 Å². The molecule has 2 aromatic rings. The van der Waals surface area contributed by atoms with Crippen LogP contribution in [0.1, 0.15) is 22.8 Å². The van der Waals surface area contributed by atoms with Gasteiger partial charge in [-0.3, -0.25) is 9.59 Å². The molecule has 1 aliphatic heterocycles. The Hall–Kier alpha value is -3.08. The lowest BCUT2D eigenvalue weighted by atomic mass is 10.1. The maximum absolute atomic E-state index is 12.2. The average molecular weight is 309 g/mol. The summed E-state index contributed by atoms with van der Waals surface area (Å²) >= 11 is 0. The smallest absolute Gasteiger partial charge is 0.231 e. The molecule has 0 bridgehead atoms. The van der Waals surface area contributed by atoms with Gasteiger partial charge in [0.1, 0.15) is 0 Å². The Kier molecular flexibility index (Phi) is 4.10. The zero-order valence-electron chi connectivity index (χ0n) is 12.5. The molecule has 0 fully saturated rings. The van der Waals surface area contributed by atoms with E-state index >= 15 is 0 Å².